The van der Waals surface area contributed by atoms with E-state index >= 15 is 0 Å². The minimum Gasteiger partial charge on any atom is -0.351 e. The predicted octanol–water partition coefficient (Wildman–Crippen LogP) is 1.71. The van der Waals surface area contributed by atoms with Gasteiger partial charge < -0.3 is 10.2 Å². The van der Waals surface area contributed by atoms with Crippen LogP contribution in [0.1, 0.15) is 16.9 Å². The molecule has 4 nitrogen and oxygen atoms in total. The largest absolute Gasteiger partial charge is 0.351 e. The van der Waals surface area contributed by atoms with E-state index < -0.39 is 0 Å². The van der Waals surface area contributed by atoms with Crippen molar-refractivity contribution in [3.63, 3.8) is 0 Å². The van der Waals surface area contributed by atoms with Crippen LogP contribution in [0.3, 0.4) is 0 Å². The van der Waals surface area contributed by atoms with Gasteiger partial charge >= 0.3 is 0 Å². The summed E-state index contributed by atoms with van der Waals surface area (Å²) in [6.45, 7) is 7.22. The number of likely N-dealkylation sites (tertiary alicyclic amines) is 1. The van der Waals surface area contributed by atoms with Crippen molar-refractivity contribution < 1.29 is 9.59 Å². The molecule has 0 aliphatic carbocycles. The summed E-state index contributed by atoms with van der Waals surface area (Å²) in [5, 5.41) is 4.93. The molecule has 1 N–H and O–H groups in total. The Morgan fingerprint density at radius 3 is 3.11 bits per heavy atom. The first-order valence-corrected chi connectivity index (χ1v) is 7.19. The zero-order valence-corrected chi connectivity index (χ0v) is 11.8. The molecule has 0 aromatic carbocycles. The van der Waals surface area contributed by atoms with Gasteiger partial charge in [0.25, 0.3) is 0 Å². The summed E-state index contributed by atoms with van der Waals surface area (Å²) in [5.41, 5.74) is 1.20. The predicted molar refractivity (Wildman–Crippen MR) is 75.8 cm³/mol. The van der Waals surface area contributed by atoms with Crippen molar-refractivity contribution in [2.24, 2.45) is 5.92 Å². The van der Waals surface area contributed by atoms with Crippen molar-refractivity contribution >= 4 is 23.2 Å². The Kier molecular flexibility index (Phi) is 4.37. The number of carbonyl (C=O) groups is 2. The normalized spacial score (nSPS) is 18.7. The van der Waals surface area contributed by atoms with Crippen LogP contribution in [0.4, 0.5) is 0 Å². The number of aryl methyl sites for hydroxylation is 1. The Balaban J connectivity index is 1.86. The standard InChI is InChI=1S/C14H18N2O2S/c1-3-5-16-9-11(7-13(16)17)14(18)15-8-12-10(2)4-6-19-12/h3-4,6,11H,1,5,7-9H2,2H3,(H,15,18)/t11-/m1/s1. The molecule has 2 amide bonds. The summed E-state index contributed by atoms with van der Waals surface area (Å²) in [6.07, 6.45) is 2.00. The number of hydrogen-bond donors (Lipinski definition) is 1. The fourth-order valence-corrected chi connectivity index (χ4v) is 3.02. The molecule has 0 spiro atoms. The molecule has 19 heavy (non-hydrogen) atoms. The second-order valence-electron chi connectivity index (χ2n) is 4.73. The topological polar surface area (TPSA) is 49.4 Å². The minimum atomic E-state index is -0.229. The third-order valence-corrected chi connectivity index (χ3v) is 4.35. The van der Waals surface area contributed by atoms with Crippen molar-refractivity contribution in [3.8, 4) is 0 Å². The van der Waals surface area contributed by atoms with E-state index in [1.165, 1.54) is 10.4 Å². The number of carbonyl (C=O) groups excluding carboxylic acids is 2. The smallest absolute Gasteiger partial charge is 0.225 e. The van der Waals surface area contributed by atoms with Crippen molar-refractivity contribution in [2.45, 2.75) is 19.9 Å². The summed E-state index contributed by atoms with van der Waals surface area (Å²) in [4.78, 5) is 26.5. The van der Waals surface area contributed by atoms with E-state index in [0.717, 1.165) is 0 Å². The van der Waals surface area contributed by atoms with E-state index in [1.54, 1.807) is 22.3 Å². The fourth-order valence-electron chi connectivity index (χ4n) is 2.18. The third-order valence-electron chi connectivity index (χ3n) is 3.33. The lowest BCUT2D eigenvalue weighted by atomic mass is 10.1. The Labute approximate surface area is 117 Å². The molecule has 0 saturated carbocycles. The van der Waals surface area contributed by atoms with Crippen LogP contribution in [0, 0.1) is 12.8 Å². The summed E-state index contributed by atoms with van der Waals surface area (Å²) in [7, 11) is 0. The zero-order valence-electron chi connectivity index (χ0n) is 11.0. The lowest BCUT2D eigenvalue weighted by molar-refractivity contribution is -0.128. The van der Waals surface area contributed by atoms with Crippen LogP contribution in [-0.4, -0.2) is 29.8 Å². The van der Waals surface area contributed by atoms with Gasteiger partial charge in [0.15, 0.2) is 0 Å². The molecular formula is C14H18N2O2S. The van der Waals surface area contributed by atoms with Gasteiger partial charge in [-0.25, -0.2) is 0 Å². The maximum Gasteiger partial charge on any atom is 0.225 e. The summed E-state index contributed by atoms with van der Waals surface area (Å²) in [5.74, 6) is -0.229. The van der Waals surface area contributed by atoms with Crippen molar-refractivity contribution in [3.05, 3.63) is 34.5 Å². The summed E-state index contributed by atoms with van der Waals surface area (Å²) < 4.78 is 0. The molecule has 0 bridgehead atoms. The number of nitrogens with one attached hydrogen (secondary N) is 1. The van der Waals surface area contributed by atoms with Crippen LogP contribution < -0.4 is 5.32 Å². The number of thiophene rings is 1. The first-order chi connectivity index (χ1) is 9.11. The molecule has 102 valence electrons. The fraction of sp³-hybridized carbons (Fsp3) is 0.429. The Morgan fingerprint density at radius 2 is 2.47 bits per heavy atom. The summed E-state index contributed by atoms with van der Waals surface area (Å²) in [6, 6.07) is 2.04. The Bertz CT molecular complexity index is 495. The van der Waals surface area contributed by atoms with E-state index in [9.17, 15) is 9.59 Å². The SMILES string of the molecule is C=CCN1C[C@H](C(=O)NCc2sccc2C)CC1=O. The van der Waals surface area contributed by atoms with Crippen LogP contribution in [0.25, 0.3) is 0 Å². The highest BCUT2D eigenvalue weighted by atomic mass is 32.1. The molecule has 1 saturated heterocycles. The van der Waals surface area contributed by atoms with Crippen LogP contribution in [0.15, 0.2) is 24.1 Å². The van der Waals surface area contributed by atoms with Crippen molar-refractivity contribution in [1.29, 1.82) is 0 Å². The molecule has 0 radical (unpaired) electrons. The molecule has 1 aliphatic heterocycles. The summed E-state index contributed by atoms with van der Waals surface area (Å²) >= 11 is 1.64. The van der Waals surface area contributed by atoms with Crippen molar-refractivity contribution in [1.82, 2.24) is 10.2 Å². The number of amides is 2. The highest BCUT2D eigenvalue weighted by Gasteiger charge is 2.33. The molecule has 1 aromatic rings. The molecule has 1 aliphatic rings. The van der Waals surface area contributed by atoms with Gasteiger partial charge in [0.1, 0.15) is 0 Å². The molecule has 2 rings (SSSR count). The first kappa shape index (κ1) is 13.8. The van der Waals surface area contributed by atoms with Gasteiger partial charge in [0.2, 0.25) is 11.8 Å². The Morgan fingerprint density at radius 1 is 1.68 bits per heavy atom. The van der Waals surface area contributed by atoms with Gasteiger partial charge in [-0.2, -0.15) is 0 Å². The van der Waals surface area contributed by atoms with Gasteiger partial charge in [-0.05, 0) is 23.9 Å². The van der Waals surface area contributed by atoms with Crippen molar-refractivity contribution in [2.75, 3.05) is 13.1 Å². The molecular weight excluding hydrogens is 260 g/mol. The zero-order chi connectivity index (χ0) is 13.8. The minimum absolute atomic E-state index is 0.0345. The molecule has 2 heterocycles. The van der Waals surface area contributed by atoms with E-state index in [1.807, 2.05) is 18.4 Å². The molecule has 5 heteroatoms. The quantitative estimate of drug-likeness (QED) is 0.834. The van der Waals surface area contributed by atoms with Crippen LogP contribution in [0.2, 0.25) is 0 Å². The van der Waals surface area contributed by atoms with E-state index in [4.69, 9.17) is 0 Å². The number of nitrogens with zero attached hydrogens (tertiary/aromatic N) is 1. The average molecular weight is 278 g/mol. The Hall–Kier alpha value is -1.62. The molecule has 1 atom stereocenters. The lowest BCUT2D eigenvalue weighted by Gasteiger charge is -2.14. The monoisotopic (exact) mass is 278 g/mol. The number of rotatable bonds is 5. The third kappa shape index (κ3) is 3.23. The molecule has 0 unspecified atom stereocenters. The maximum atomic E-state index is 12.0. The van der Waals surface area contributed by atoms with E-state index in [2.05, 4.69) is 11.9 Å². The maximum absolute atomic E-state index is 12.0. The van der Waals surface area contributed by atoms with Gasteiger partial charge in [-0.3, -0.25) is 9.59 Å². The van der Waals surface area contributed by atoms with Crippen LogP contribution in [0.5, 0.6) is 0 Å². The van der Waals surface area contributed by atoms with E-state index in [-0.39, 0.29) is 17.7 Å². The highest BCUT2D eigenvalue weighted by molar-refractivity contribution is 7.10. The second kappa shape index (κ2) is 6.02. The van der Waals surface area contributed by atoms with Gasteiger partial charge in [0.05, 0.1) is 12.5 Å². The van der Waals surface area contributed by atoms with Gasteiger partial charge in [-0.15, -0.1) is 17.9 Å². The highest BCUT2D eigenvalue weighted by Crippen LogP contribution is 2.19. The van der Waals surface area contributed by atoms with Crippen LogP contribution >= 0.6 is 11.3 Å². The number of hydrogen-bond acceptors (Lipinski definition) is 3. The van der Waals surface area contributed by atoms with Crippen LogP contribution in [-0.2, 0) is 16.1 Å². The lowest BCUT2D eigenvalue weighted by Crippen LogP contribution is -2.32. The second-order valence-corrected chi connectivity index (χ2v) is 5.73. The first-order valence-electron chi connectivity index (χ1n) is 6.31. The van der Waals surface area contributed by atoms with E-state index in [0.29, 0.717) is 26.1 Å². The van der Waals surface area contributed by atoms with Gasteiger partial charge in [-0.1, -0.05) is 6.08 Å². The van der Waals surface area contributed by atoms with Gasteiger partial charge in [0, 0.05) is 24.4 Å². The molecule has 1 fully saturated rings. The average Bonchev–Trinajstić information content (AvgIpc) is 2.94. The molecule has 1 aromatic heterocycles.